The Morgan fingerprint density at radius 3 is 1.55 bits per heavy atom. The van der Waals surface area contributed by atoms with E-state index in [0.29, 0.717) is 0 Å². The summed E-state index contributed by atoms with van der Waals surface area (Å²) < 4.78 is 0. The third-order valence-electron chi connectivity index (χ3n) is 3.69. The molecule has 2 aliphatic rings. The van der Waals surface area contributed by atoms with Gasteiger partial charge in [0.2, 0.25) is 0 Å². The molecule has 0 atom stereocenters. The van der Waals surface area contributed by atoms with Gasteiger partial charge < -0.3 is 5.73 Å². The summed E-state index contributed by atoms with van der Waals surface area (Å²) in [6.07, 6.45) is 5.82. The lowest BCUT2D eigenvalue weighted by molar-refractivity contribution is 0.250. The van der Waals surface area contributed by atoms with Crippen molar-refractivity contribution in [2.24, 2.45) is 23.5 Å². The fourth-order valence-electron chi connectivity index (χ4n) is 3.46. The van der Waals surface area contributed by atoms with Crippen molar-refractivity contribution in [1.82, 2.24) is 0 Å². The van der Waals surface area contributed by atoms with Crippen LogP contribution >= 0.6 is 0 Å². The average molecular weight is 153 g/mol. The Labute approximate surface area is 69.4 Å². The average Bonchev–Trinajstić information content (AvgIpc) is 2.40. The van der Waals surface area contributed by atoms with Crippen LogP contribution in [0, 0.1) is 17.8 Å². The molecular weight excluding hydrogens is 134 g/mol. The molecule has 0 aromatic carbocycles. The molecule has 2 bridgehead atoms. The minimum absolute atomic E-state index is 0.0856. The number of hydrogen-bond donors (Lipinski definition) is 1. The third kappa shape index (κ3) is 1.10. The molecule has 0 radical (unpaired) electrons. The monoisotopic (exact) mass is 153 g/mol. The summed E-state index contributed by atoms with van der Waals surface area (Å²) in [6, 6.07) is 0. The summed E-state index contributed by atoms with van der Waals surface area (Å²) in [5.41, 5.74) is 6.25. The van der Waals surface area contributed by atoms with Crippen molar-refractivity contribution in [3.63, 3.8) is 0 Å². The van der Waals surface area contributed by atoms with Crippen LogP contribution in [0.5, 0.6) is 0 Å². The molecule has 0 aromatic rings. The Bertz CT molecular complexity index is 137. The largest absolute Gasteiger partial charge is 0.325 e. The Morgan fingerprint density at radius 2 is 1.36 bits per heavy atom. The van der Waals surface area contributed by atoms with E-state index in [1.54, 1.807) is 0 Å². The summed E-state index contributed by atoms with van der Waals surface area (Å²) in [6.45, 7) is 4.41. The molecule has 1 nitrogen and oxygen atoms in total. The lowest BCUT2D eigenvalue weighted by atomic mass is 9.81. The predicted octanol–water partition coefficient (Wildman–Crippen LogP) is 2.16. The van der Waals surface area contributed by atoms with Gasteiger partial charge in [-0.05, 0) is 57.3 Å². The van der Waals surface area contributed by atoms with Gasteiger partial charge >= 0.3 is 0 Å². The molecule has 0 unspecified atom stereocenters. The molecule has 11 heavy (non-hydrogen) atoms. The van der Waals surface area contributed by atoms with Gasteiger partial charge in [0.15, 0.2) is 0 Å². The lowest BCUT2D eigenvalue weighted by Gasteiger charge is -2.30. The van der Waals surface area contributed by atoms with E-state index < -0.39 is 0 Å². The molecule has 2 aliphatic carbocycles. The molecule has 2 fully saturated rings. The van der Waals surface area contributed by atoms with Crippen LogP contribution in [0.15, 0.2) is 0 Å². The minimum atomic E-state index is 0.0856. The highest BCUT2D eigenvalue weighted by molar-refractivity contribution is 5.00. The molecule has 2 rings (SSSR count). The maximum atomic E-state index is 6.16. The first kappa shape index (κ1) is 7.60. The fourth-order valence-corrected chi connectivity index (χ4v) is 3.46. The smallest absolute Gasteiger partial charge is 0.0131 e. The molecule has 64 valence electrons. The van der Waals surface area contributed by atoms with E-state index in [9.17, 15) is 0 Å². The number of rotatable bonds is 1. The SMILES string of the molecule is CC(C)(N)C1C2CCC1CC2. The van der Waals surface area contributed by atoms with Gasteiger partial charge in [0.05, 0.1) is 0 Å². The van der Waals surface area contributed by atoms with Gasteiger partial charge in [0.25, 0.3) is 0 Å². The highest BCUT2D eigenvalue weighted by Crippen LogP contribution is 2.52. The van der Waals surface area contributed by atoms with Gasteiger partial charge in [-0.1, -0.05) is 0 Å². The number of nitrogens with two attached hydrogens (primary N) is 1. The summed E-state index contributed by atoms with van der Waals surface area (Å²) in [4.78, 5) is 0. The first-order valence-corrected chi connectivity index (χ1v) is 4.88. The molecular formula is C10H19N. The highest BCUT2D eigenvalue weighted by Gasteiger charge is 2.47. The van der Waals surface area contributed by atoms with Crippen LogP contribution in [0.3, 0.4) is 0 Å². The first-order chi connectivity index (χ1) is 5.09. The number of hydrogen-bond acceptors (Lipinski definition) is 1. The van der Waals surface area contributed by atoms with Gasteiger partial charge in [-0.2, -0.15) is 0 Å². The van der Waals surface area contributed by atoms with E-state index in [4.69, 9.17) is 5.73 Å². The first-order valence-electron chi connectivity index (χ1n) is 4.88. The van der Waals surface area contributed by atoms with Crippen LogP contribution in [-0.4, -0.2) is 5.54 Å². The zero-order valence-electron chi connectivity index (χ0n) is 7.64. The van der Waals surface area contributed by atoms with E-state index in [-0.39, 0.29) is 5.54 Å². The van der Waals surface area contributed by atoms with Gasteiger partial charge in [0, 0.05) is 5.54 Å². The molecule has 2 saturated carbocycles. The predicted molar refractivity (Wildman–Crippen MR) is 47.2 cm³/mol. The van der Waals surface area contributed by atoms with Gasteiger partial charge in [-0.15, -0.1) is 0 Å². The van der Waals surface area contributed by atoms with Crippen LogP contribution < -0.4 is 5.73 Å². The minimum Gasteiger partial charge on any atom is -0.325 e. The van der Waals surface area contributed by atoms with Gasteiger partial charge in [0.1, 0.15) is 0 Å². The Hall–Kier alpha value is -0.0400. The maximum Gasteiger partial charge on any atom is 0.0131 e. The molecule has 2 N–H and O–H groups in total. The van der Waals surface area contributed by atoms with E-state index >= 15 is 0 Å². The van der Waals surface area contributed by atoms with Crippen molar-refractivity contribution in [3.8, 4) is 0 Å². The Balaban J connectivity index is 2.16. The maximum absolute atomic E-state index is 6.16. The van der Waals surface area contributed by atoms with E-state index in [2.05, 4.69) is 13.8 Å². The van der Waals surface area contributed by atoms with Crippen LogP contribution in [0.1, 0.15) is 39.5 Å². The molecule has 0 aromatic heterocycles. The van der Waals surface area contributed by atoms with E-state index in [1.165, 1.54) is 25.7 Å². The van der Waals surface area contributed by atoms with Crippen molar-refractivity contribution in [1.29, 1.82) is 0 Å². The molecule has 0 spiro atoms. The summed E-state index contributed by atoms with van der Waals surface area (Å²) in [5.74, 6) is 2.78. The van der Waals surface area contributed by atoms with Crippen molar-refractivity contribution < 1.29 is 0 Å². The van der Waals surface area contributed by atoms with Crippen LogP contribution in [-0.2, 0) is 0 Å². The molecule has 1 heteroatoms. The lowest BCUT2D eigenvalue weighted by Crippen LogP contribution is -2.43. The van der Waals surface area contributed by atoms with Crippen LogP contribution in [0.4, 0.5) is 0 Å². The van der Waals surface area contributed by atoms with Gasteiger partial charge in [-0.3, -0.25) is 0 Å². The van der Waals surface area contributed by atoms with Crippen molar-refractivity contribution in [2.45, 2.75) is 45.1 Å². The summed E-state index contributed by atoms with van der Waals surface area (Å²) in [7, 11) is 0. The Kier molecular flexibility index (Phi) is 1.54. The second-order valence-corrected chi connectivity index (χ2v) is 5.02. The molecule has 0 amide bonds. The quantitative estimate of drug-likeness (QED) is 0.614. The molecule has 0 heterocycles. The second kappa shape index (κ2) is 2.22. The topological polar surface area (TPSA) is 26.0 Å². The normalized spacial score (nSPS) is 43.4. The van der Waals surface area contributed by atoms with Crippen LogP contribution in [0.2, 0.25) is 0 Å². The number of fused-ring (bicyclic) bond motifs is 2. The van der Waals surface area contributed by atoms with E-state index in [1.807, 2.05) is 0 Å². The zero-order valence-corrected chi connectivity index (χ0v) is 7.64. The summed E-state index contributed by atoms with van der Waals surface area (Å²) in [5, 5.41) is 0. The molecule has 0 aliphatic heterocycles. The van der Waals surface area contributed by atoms with Crippen molar-refractivity contribution in [2.75, 3.05) is 0 Å². The van der Waals surface area contributed by atoms with Crippen molar-refractivity contribution in [3.05, 3.63) is 0 Å². The standard InChI is InChI=1S/C10H19N/c1-10(2,11)9-7-3-4-8(9)6-5-7/h7-9H,3-6,11H2,1-2H3. The van der Waals surface area contributed by atoms with Gasteiger partial charge in [-0.25, -0.2) is 0 Å². The fraction of sp³-hybridized carbons (Fsp3) is 1.00. The van der Waals surface area contributed by atoms with Crippen molar-refractivity contribution >= 4 is 0 Å². The third-order valence-corrected chi connectivity index (χ3v) is 3.69. The van der Waals surface area contributed by atoms with E-state index in [0.717, 1.165) is 17.8 Å². The molecule has 0 saturated heterocycles. The second-order valence-electron chi connectivity index (χ2n) is 5.02. The zero-order chi connectivity index (χ0) is 8.06. The van der Waals surface area contributed by atoms with Crippen LogP contribution in [0.25, 0.3) is 0 Å². The summed E-state index contributed by atoms with van der Waals surface area (Å²) >= 11 is 0. The highest BCUT2D eigenvalue weighted by atomic mass is 14.8. The Morgan fingerprint density at radius 1 is 1.00 bits per heavy atom.